The molecule has 3 aliphatic rings. The third-order valence-electron chi connectivity index (χ3n) is 7.64. The summed E-state index contributed by atoms with van der Waals surface area (Å²) in [4.78, 5) is 17.2. The van der Waals surface area contributed by atoms with Gasteiger partial charge in [0.2, 0.25) is 5.91 Å². The number of halogens is 1. The third kappa shape index (κ3) is 2.92. The van der Waals surface area contributed by atoms with Gasteiger partial charge in [-0.15, -0.1) is 0 Å². The molecule has 0 radical (unpaired) electrons. The Kier molecular flexibility index (Phi) is 4.22. The number of rotatable bonds is 4. The van der Waals surface area contributed by atoms with Crippen molar-refractivity contribution in [2.45, 2.75) is 64.3 Å². The van der Waals surface area contributed by atoms with Gasteiger partial charge in [0.1, 0.15) is 5.82 Å². The second-order valence-electron chi connectivity index (χ2n) is 9.70. The maximum absolute atomic E-state index is 13.8. The zero-order valence-electron chi connectivity index (χ0n) is 16.7. The first-order chi connectivity index (χ1) is 13.5. The highest BCUT2D eigenvalue weighted by Crippen LogP contribution is 2.63. The lowest BCUT2D eigenvalue weighted by atomic mass is 9.82. The molecule has 1 aromatic carbocycles. The Morgan fingerprint density at radius 3 is 2.50 bits per heavy atom. The van der Waals surface area contributed by atoms with E-state index in [1.54, 1.807) is 12.1 Å². The maximum Gasteiger partial charge on any atom is 0.226 e. The summed E-state index contributed by atoms with van der Waals surface area (Å²) in [6.07, 6.45) is 8.69. The van der Waals surface area contributed by atoms with E-state index < -0.39 is 0 Å². The van der Waals surface area contributed by atoms with Crippen molar-refractivity contribution in [3.05, 3.63) is 41.8 Å². The van der Waals surface area contributed by atoms with Gasteiger partial charge in [-0.2, -0.15) is 0 Å². The molecule has 3 fully saturated rings. The molecule has 1 aromatic heterocycles. The number of nitrogens with one attached hydrogen (secondary N) is 1. The number of nitrogens with zero attached hydrogens (tertiary/aromatic N) is 1. The molecular weight excluding hydrogens is 351 g/mol. The summed E-state index contributed by atoms with van der Waals surface area (Å²) in [6.45, 7) is 4.09. The average molecular weight is 381 g/mol. The third-order valence-corrected chi connectivity index (χ3v) is 7.64. The highest BCUT2D eigenvalue weighted by molar-refractivity contribution is 5.86. The van der Waals surface area contributed by atoms with Crippen molar-refractivity contribution in [2.75, 3.05) is 0 Å². The van der Waals surface area contributed by atoms with Crippen LogP contribution in [0.1, 0.15) is 63.9 Å². The lowest BCUT2D eigenvalue weighted by Crippen LogP contribution is -2.39. The number of aromatic nitrogens is 1. The monoisotopic (exact) mass is 380 g/mol. The van der Waals surface area contributed by atoms with Gasteiger partial charge >= 0.3 is 0 Å². The van der Waals surface area contributed by atoms with Crippen LogP contribution in [0.15, 0.2) is 30.5 Å². The summed E-state index contributed by atoms with van der Waals surface area (Å²) < 4.78 is 13.8. The van der Waals surface area contributed by atoms with Crippen molar-refractivity contribution >= 4 is 16.8 Å². The van der Waals surface area contributed by atoms with E-state index in [1.165, 1.54) is 37.3 Å². The lowest BCUT2D eigenvalue weighted by molar-refractivity contribution is -0.128. The normalized spacial score (nSPS) is 30.6. The standard InChI is InChI=1S/C24H29FN2O/c1-14(2)27-23(28)24(6-7-24)18-11-15-9-17(10-16(15)12-18)20-5-8-26-22-4-3-19(25)13-21(20)22/h3-5,8,13-18H,6-7,9-12H2,1-2H3,(H,27,28)/t15-,16+,17-,18-. The molecule has 1 amide bonds. The van der Waals surface area contributed by atoms with Crippen LogP contribution in [0.2, 0.25) is 0 Å². The van der Waals surface area contributed by atoms with E-state index >= 15 is 0 Å². The molecule has 4 heteroatoms. The highest BCUT2D eigenvalue weighted by Gasteiger charge is 2.59. The van der Waals surface area contributed by atoms with Gasteiger partial charge in [0.05, 0.1) is 10.9 Å². The van der Waals surface area contributed by atoms with Crippen molar-refractivity contribution in [3.8, 4) is 0 Å². The van der Waals surface area contributed by atoms with Gasteiger partial charge in [0.25, 0.3) is 0 Å². The predicted molar refractivity (Wildman–Crippen MR) is 108 cm³/mol. The Morgan fingerprint density at radius 1 is 1.14 bits per heavy atom. The van der Waals surface area contributed by atoms with Crippen LogP contribution in [0.3, 0.4) is 0 Å². The zero-order chi connectivity index (χ0) is 19.5. The van der Waals surface area contributed by atoms with E-state index in [4.69, 9.17) is 0 Å². The average Bonchev–Trinajstić information content (AvgIpc) is 3.23. The van der Waals surface area contributed by atoms with Crippen LogP contribution in [0.25, 0.3) is 10.9 Å². The topological polar surface area (TPSA) is 42.0 Å². The van der Waals surface area contributed by atoms with Crippen LogP contribution < -0.4 is 5.32 Å². The Bertz CT molecular complexity index is 906. The lowest BCUT2D eigenvalue weighted by Gasteiger charge is -2.25. The smallest absolute Gasteiger partial charge is 0.226 e. The molecule has 5 rings (SSSR count). The van der Waals surface area contributed by atoms with E-state index in [0.29, 0.717) is 29.6 Å². The highest BCUT2D eigenvalue weighted by atomic mass is 19.1. The minimum atomic E-state index is -0.188. The van der Waals surface area contributed by atoms with Gasteiger partial charge in [0.15, 0.2) is 0 Å². The number of carbonyl (C=O) groups is 1. The number of benzene rings is 1. The van der Waals surface area contributed by atoms with Crippen LogP contribution >= 0.6 is 0 Å². The van der Waals surface area contributed by atoms with E-state index in [2.05, 4.69) is 16.4 Å². The summed E-state index contributed by atoms with van der Waals surface area (Å²) in [5, 5.41) is 4.14. The van der Waals surface area contributed by atoms with Gasteiger partial charge in [-0.05, 0) is 106 Å². The molecule has 4 atom stereocenters. The fourth-order valence-corrected chi connectivity index (χ4v) is 6.18. The number of hydrogen-bond acceptors (Lipinski definition) is 2. The summed E-state index contributed by atoms with van der Waals surface area (Å²) in [5.74, 6) is 2.55. The summed E-state index contributed by atoms with van der Waals surface area (Å²) in [5.41, 5.74) is 2.07. The summed E-state index contributed by atoms with van der Waals surface area (Å²) in [7, 11) is 0. The van der Waals surface area contributed by atoms with E-state index in [1.807, 2.05) is 20.0 Å². The first kappa shape index (κ1) is 18.1. The Morgan fingerprint density at radius 2 is 1.86 bits per heavy atom. The first-order valence-electron chi connectivity index (χ1n) is 10.8. The molecule has 3 saturated carbocycles. The van der Waals surface area contributed by atoms with Gasteiger partial charge in [-0.3, -0.25) is 9.78 Å². The first-order valence-corrected chi connectivity index (χ1v) is 10.8. The second kappa shape index (κ2) is 6.53. The molecule has 0 aliphatic heterocycles. The molecular formula is C24H29FN2O. The Hall–Kier alpha value is -1.97. The fourth-order valence-electron chi connectivity index (χ4n) is 6.18. The van der Waals surface area contributed by atoms with Gasteiger partial charge in [-0.1, -0.05) is 0 Å². The molecule has 3 aliphatic carbocycles. The fraction of sp³-hybridized carbons (Fsp3) is 0.583. The van der Waals surface area contributed by atoms with E-state index in [9.17, 15) is 9.18 Å². The Labute approximate surface area is 166 Å². The molecule has 1 heterocycles. The van der Waals surface area contributed by atoms with Crippen molar-refractivity contribution in [1.29, 1.82) is 0 Å². The van der Waals surface area contributed by atoms with Crippen molar-refractivity contribution < 1.29 is 9.18 Å². The molecule has 0 bridgehead atoms. The molecule has 1 N–H and O–H groups in total. The number of fused-ring (bicyclic) bond motifs is 2. The summed E-state index contributed by atoms with van der Waals surface area (Å²) >= 11 is 0. The predicted octanol–water partition coefficient (Wildman–Crippen LogP) is 5.20. The van der Waals surface area contributed by atoms with Crippen LogP contribution in [-0.4, -0.2) is 16.9 Å². The van der Waals surface area contributed by atoms with Crippen molar-refractivity contribution in [1.82, 2.24) is 10.3 Å². The van der Waals surface area contributed by atoms with Gasteiger partial charge in [-0.25, -0.2) is 4.39 Å². The minimum Gasteiger partial charge on any atom is -0.353 e. The molecule has 0 spiro atoms. The van der Waals surface area contributed by atoms with Gasteiger partial charge < -0.3 is 5.32 Å². The minimum absolute atomic E-state index is 0.0728. The van der Waals surface area contributed by atoms with Gasteiger partial charge in [0, 0.05) is 17.6 Å². The van der Waals surface area contributed by atoms with Crippen LogP contribution in [0, 0.1) is 29.0 Å². The van der Waals surface area contributed by atoms with E-state index in [-0.39, 0.29) is 17.3 Å². The number of carbonyl (C=O) groups excluding carboxylic acids is 1. The Balaban J connectivity index is 1.32. The largest absolute Gasteiger partial charge is 0.353 e. The summed E-state index contributed by atoms with van der Waals surface area (Å²) in [6, 6.07) is 7.22. The quantitative estimate of drug-likeness (QED) is 0.792. The van der Waals surface area contributed by atoms with E-state index in [0.717, 1.165) is 23.7 Å². The molecule has 148 valence electrons. The number of pyridine rings is 1. The molecule has 0 saturated heterocycles. The molecule has 28 heavy (non-hydrogen) atoms. The number of amides is 1. The van der Waals surface area contributed by atoms with Crippen LogP contribution in [-0.2, 0) is 4.79 Å². The SMILES string of the molecule is CC(C)NC(=O)C1([C@@H]2C[C@H]3C[C@@H](c4ccnc5ccc(F)cc45)C[C@H]3C2)CC1. The molecule has 2 aromatic rings. The zero-order valence-corrected chi connectivity index (χ0v) is 16.7. The molecule has 3 nitrogen and oxygen atoms in total. The number of hydrogen-bond donors (Lipinski definition) is 1. The van der Waals surface area contributed by atoms with Crippen LogP contribution in [0.4, 0.5) is 4.39 Å². The molecule has 0 unspecified atom stereocenters. The van der Waals surface area contributed by atoms with Crippen molar-refractivity contribution in [2.24, 2.45) is 23.2 Å². The van der Waals surface area contributed by atoms with Crippen LogP contribution in [0.5, 0.6) is 0 Å². The van der Waals surface area contributed by atoms with Crippen molar-refractivity contribution in [3.63, 3.8) is 0 Å². The second-order valence-corrected chi connectivity index (χ2v) is 9.70. The maximum atomic E-state index is 13.8.